The number of hydrogen-bond acceptors (Lipinski definition) is 6. The fourth-order valence-corrected chi connectivity index (χ4v) is 2.04. The maximum Gasteiger partial charge on any atom is 0.412 e. The normalized spacial score (nSPS) is 10.8. The SMILES string of the molecule is CC(C)CCNC(=O)NC(=O)COC(=O)c1cccc(NC(=O)OC(C)(C)C)c1. The van der Waals surface area contributed by atoms with Crippen molar-refractivity contribution in [3.05, 3.63) is 29.8 Å². The number of carbonyl (C=O) groups excluding carboxylic acids is 4. The number of anilines is 1. The van der Waals surface area contributed by atoms with Crippen LogP contribution in [-0.2, 0) is 14.3 Å². The minimum absolute atomic E-state index is 0.132. The van der Waals surface area contributed by atoms with Crippen LogP contribution in [0, 0.1) is 5.92 Å². The third-order valence-electron chi connectivity index (χ3n) is 3.34. The number of esters is 1. The number of carbonyl (C=O) groups is 4. The molecule has 0 aromatic heterocycles. The highest BCUT2D eigenvalue weighted by Gasteiger charge is 2.17. The van der Waals surface area contributed by atoms with Gasteiger partial charge in [-0.05, 0) is 51.3 Å². The molecule has 0 aliphatic heterocycles. The van der Waals surface area contributed by atoms with E-state index in [0.29, 0.717) is 18.2 Å². The largest absolute Gasteiger partial charge is 0.452 e. The lowest BCUT2D eigenvalue weighted by Gasteiger charge is -2.19. The molecule has 0 aliphatic rings. The van der Waals surface area contributed by atoms with Crippen molar-refractivity contribution in [1.82, 2.24) is 10.6 Å². The maximum absolute atomic E-state index is 12.1. The van der Waals surface area contributed by atoms with E-state index in [0.717, 1.165) is 6.42 Å². The molecule has 1 aromatic carbocycles. The Morgan fingerprint density at radius 2 is 1.79 bits per heavy atom. The molecular formula is C20H29N3O6. The van der Waals surface area contributed by atoms with Gasteiger partial charge in [0.1, 0.15) is 5.60 Å². The molecule has 9 nitrogen and oxygen atoms in total. The topological polar surface area (TPSA) is 123 Å². The van der Waals surface area contributed by atoms with Gasteiger partial charge >= 0.3 is 18.1 Å². The number of rotatable bonds is 7. The highest BCUT2D eigenvalue weighted by molar-refractivity contribution is 5.97. The van der Waals surface area contributed by atoms with E-state index in [1.165, 1.54) is 12.1 Å². The van der Waals surface area contributed by atoms with Gasteiger partial charge in [-0.15, -0.1) is 0 Å². The molecule has 0 atom stereocenters. The number of amides is 4. The molecule has 29 heavy (non-hydrogen) atoms. The third kappa shape index (κ3) is 10.7. The van der Waals surface area contributed by atoms with Crippen LogP contribution < -0.4 is 16.0 Å². The number of imide groups is 1. The van der Waals surface area contributed by atoms with Crippen LogP contribution >= 0.6 is 0 Å². The van der Waals surface area contributed by atoms with Crippen LogP contribution in [0.4, 0.5) is 15.3 Å². The second kappa shape index (κ2) is 11.0. The van der Waals surface area contributed by atoms with Crippen LogP contribution in [0.5, 0.6) is 0 Å². The summed E-state index contributed by atoms with van der Waals surface area (Å²) in [6.07, 6.45) is 0.121. The Bertz CT molecular complexity index is 740. The molecule has 0 fully saturated rings. The molecule has 1 rings (SSSR count). The van der Waals surface area contributed by atoms with Gasteiger partial charge in [0.15, 0.2) is 6.61 Å². The summed E-state index contributed by atoms with van der Waals surface area (Å²) in [5, 5.41) is 7.13. The Balaban J connectivity index is 2.49. The molecule has 0 aliphatic carbocycles. The highest BCUT2D eigenvalue weighted by atomic mass is 16.6. The molecule has 3 N–H and O–H groups in total. The van der Waals surface area contributed by atoms with Gasteiger partial charge in [-0.3, -0.25) is 15.4 Å². The first-order valence-corrected chi connectivity index (χ1v) is 9.31. The van der Waals surface area contributed by atoms with Gasteiger partial charge in [0, 0.05) is 12.2 Å². The predicted molar refractivity (Wildman–Crippen MR) is 108 cm³/mol. The number of hydrogen-bond donors (Lipinski definition) is 3. The van der Waals surface area contributed by atoms with Crippen molar-refractivity contribution in [3.63, 3.8) is 0 Å². The zero-order chi connectivity index (χ0) is 22.0. The van der Waals surface area contributed by atoms with Crippen LogP contribution in [0.25, 0.3) is 0 Å². The van der Waals surface area contributed by atoms with Crippen molar-refractivity contribution < 1.29 is 28.7 Å². The van der Waals surface area contributed by atoms with Crippen molar-refractivity contribution in [1.29, 1.82) is 0 Å². The van der Waals surface area contributed by atoms with Gasteiger partial charge < -0.3 is 14.8 Å². The van der Waals surface area contributed by atoms with E-state index in [2.05, 4.69) is 16.0 Å². The first kappa shape index (κ1) is 23.9. The molecule has 160 valence electrons. The minimum Gasteiger partial charge on any atom is -0.452 e. The standard InChI is InChI=1S/C20H29N3O6/c1-13(2)9-10-21-18(26)23-16(24)12-28-17(25)14-7-6-8-15(11-14)22-19(27)29-20(3,4)5/h6-8,11,13H,9-10,12H2,1-5H3,(H,22,27)(H2,21,23,24,26). The van der Waals surface area contributed by atoms with Gasteiger partial charge in [0.05, 0.1) is 5.56 Å². The molecule has 1 aromatic rings. The summed E-state index contributed by atoms with van der Waals surface area (Å²) in [5.74, 6) is -1.09. The first-order valence-electron chi connectivity index (χ1n) is 9.31. The molecule has 4 amide bonds. The Labute approximate surface area is 170 Å². The molecule has 9 heteroatoms. The lowest BCUT2D eigenvalue weighted by atomic mass is 10.1. The Morgan fingerprint density at radius 1 is 1.10 bits per heavy atom. The van der Waals surface area contributed by atoms with Crippen molar-refractivity contribution in [3.8, 4) is 0 Å². The second-order valence-corrected chi connectivity index (χ2v) is 7.77. The number of urea groups is 1. The first-order chi connectivity index (χ1) is 13.5. The lowest BCUT2D eigenvalue weighted by molar-refractivity contribution is -0.123. The summed E-state index contributed by atoms with van der Waals surface area (Å²) in [7, 11) is 0. The summed E-state index contributed by atoms with van der Waals surface area (Å²) in [5.41, 5.74) is -0.190. The number of nitrogens with one attached hydrogen (secondary N) is 3. The zero-order valence-electron chi connectivity index (χ0n) is 17.5. The fourth-order valence-electron chi connectivity index (χ4n) is 2.04. The van der Waals surface area contributed by atoms with Gasteiger partial charge in [0.2, 0.25) is 0 Å². The van der Waals surface area contributed by atoms with E-state index >= 15 is 0 Å². The Kier molecular flexibility index (Phi) is 9.11. The smallest absolute Gasteiger partial charge is 0.412 e. The molecule has 0 unspecified atom stereocenters. The van der Waals surface area contributed by atoms with Crippen molar-refractivity contribution >= 4 is 29.7 Å². The van der Waals surface area contributed by atoms with E-state index in [4.69, 9.17) is 9.47 Å². The zero-order valence-corrected chi connectivity index (χ0v) is 17.5. The summed E-state index contributed by atoms with van der Waals surface area (Å²) >= 11 is 0. The van der Waals surface area contributed by atoms with E-state index in [-0.39, 0.29) is 5.56 Å². The molecule has 0 radical (unpaired) electrons. The van der Waals surface area contributed by atoms with E-state index in [1.54, 1.807) is 32.9 Å². The highest BCUT2D eigenvalue weighted by Crippen LogP contribution is 2.14. The molecular weight excluding hydrogens is 378 g/mol. The molecule has 0 heterocycles. The van der Waals surface area contributed by atoms with Crippen molar-refractivity contribution in [2.45, 2.75) is 46.6 Å². The quantitative estimate of drug-likeness (QED) is 0.597. The summed E-state index contributed by atoms with van der Waals surface area (Å²) in [4.78, 5) is 47.2. The average molecular weight is 407 g/mol. The summed E-state index contributed by atoms with van der Waals surface area (Å²) < 4.78 is 10.0. The lowest BCUT2D eigenvalue weighted by Crippen LogP contribution is -2.41. The van der Waals surface area contributed by atoms with Crippen LogP contribution in [0.1, 0.15) is 51.4 Å². The summed E-state index contributed by atoms with van der Waals surface area (Å²) in [6.45, 7) is 9.06. The Hall–Kier alpha value is -3.10. The van der Waals surface area contributed by atoms with Gasteiger partial charge in [-0.2, -0.15) is 0 Å². The molecule has 0 saturated heterocycles. The van der Waals surface area contributed by atoms with Crippen LogP contribution in [-0.4, -0.2) is 42.8 Å². The second-order valence-electron chi connectivity index (χ2n) is 7.77. The molecule has 0 spiro atoms. The monoisotopic (exact) mass is 407 g/mol. The minimum atomic E-state index is -0.770. The average Bonchev–Trinajstić information content (AvgIpc) is 2.57. The van der Waals surface area contributed by atoms with Crippen LogP contribution in [0.2, 0.25) is 0 Å². The van der Waals surface area contributed by atoms with Crippen molar-refractivity contribution in [2.75, 3.05) is 18.5 Å². The number of benzene rings is 1. The van der Waals surface area contributed by atoms with Gasteiger partial charge in [0.25, 0.3) is 5.91 Å². The van der Waals surface area contributed by atoms with Crippen LogP contribution in [0.15, 0.2) is 24.3 Å². The molecule has 0 bridgehead atoms. The summed E-state index contributed by atoms with van der Waals surface area (Å²) in [6, 6.07) is 5.35. The fraction of sp³-hybridized carbons (Fsp3) is 0.500. The predicted octanol–water partition coefficient (Wildman–Crippen LogP) is 3.06. The van der Waals surface area contributed by atoms with E-state index < -0.39 is 36.2 Å². The number of ether oxygens (including phenoxy) is 2. The molecule has 0 saturated carbocycles. The van der Waals surface area contributed by atoms with Crippen LogP contribution in [0.3, 0.4) is 0 Å². The van der Waals surface area contributed by atoms with E-state index in [1.807, 2.05) is 13.8 Å². The van der Waals surface area contributed by atoms with E-state index in [9.17, 15) is 19.2 Å². The van der Waals surface area contributed by atoms with Gasteiger partial charge in [-0.1, -0.05) is 19.9 Å². The Morgan fingerprint density at radius 3 is 2.41 bits per heavy atom. The van der Waals surface area contributed by atoms with Gasteiger partial charge in [-0.25, -0.2) is 14.4 Å². The third-order valence-corrected chi connectivity index (χ3v) is 3.34. The van der Waals surface area contributed by atoms with Crippen molar-refractivity contribution in [2.24, 2.45) is 5.92 Å². The maximum atomic E-state index is 12.1.